The van der Waals surface area contributed by atoms with Gasteiger partial charge in [-0.2, -0.15) is 0 Å². The second kappa shape index (κ2) is 7.57. The maximum atomic E-state index is 12.3. The average molecular weight is 353 g/mol. The van der Waals surface area contributed by atoms with Crippen LogP contribution in [0.15, 0.2) is 36.4 Å². The van der Waals surface area contributed by atoms with Gasteiger partial charge < -0.3 is 15.4 Å². The van der Waals surface area contributed by atoms with Crippen LogP contribution in [-0.4, -0.2) is 19.1 Å². The van der Waals surface area contributed by atoms with E-state index in [1.807, 2.05) is 31.3 Å². The molecule has 1 atom stereocenters. The van der Waals surface area contributed by atoms with Crippen molar-refractivity contribution in [1.82, 2.24) is 0 Å². The molecule has 0 spiro atoms. The predicted octanol–water partition coefficient (Wildman–Crippen LogP) is 4.75. The molecular weight excluding hydrogens is 335 g/mol. The Labute approximate surface area is 145 Å². The largest absolute Gasteiger partial charge is 0.479 e. The van der Waals surface area contributed by atoms with Crippen molar-refractivity contribution in [2.24, 2.45) is 0 Å². The van der Waals surface area contributed by atoms with E-state index in [-0.39, 0.29) is 5.91 Å². The molecule has 0 aliphatic rings. The third-order valence-corrected chi connectivity index (χ3v) is 4.26. The summed E-state index contributed by atoms with van der Waals surface area (Å²) in [6, 6.07) is 10.8. The van der Waals surface area contributed by atoms with Crippen molar-refractivity contribution in [2.75, 3.05) is 17.7 Å². The summed E-state index contributed by atoms with van der Waals surface area (Å²) >= 11 is 12.2. The summed E-state index contributed by atoms with van der Waals surface area (Å²) in [5.41, 5.74) is 2.32. The first-order chi connectivity index (χ1) is 10.9. The fraction of sp³-hybridized carbons (Fsp3) is 0.235. The lowest BCUT2D eigenvalue weighted by atomic mass is 10.2. The molecule has 0 aromatic heterocycles. The van der Waals surface area contributed by atoms with Gasteiger partial charge in [-0.15, -0.1) is 0 Å². The Bertz CT molecular complexity index is 720. The number of carbonyl (C=O) groups is 1. The monoisotopic (exact) mass is 352 g/mol. The van der Waals surface area contributed by atoms with E-state index in [9.17, 15) is 4.79 Å². The van der Waals surface area contributed by atoms with E-state index >= 15 is 0 Å². The molecule has 1 unspecified atom stereocenters. The number of hydrogen-bond acceptors (Lipinski definition) is 3. The molecule has 4 nitrogen and oxygen atoms in total. The van der Waals surface area contributed by atoms with Gasteiger partial charge in [-0.05, 0) is 49.7 Å². The lowest BCUT2D eigenvalue weighted by Gasteiger charge is -2.17. The summed E-state index contributed by atoms with van der Waals surface area (Å²) < 4.78 is 5.65. The minimum absolute atomic E-state index is 0.262. The van der Waals surface area contributed by atoms with Crippen LogP contribution in [0.5, 0.6) is 5.75 Å². The van der Waals surface area contributed by atoms with Gasteiger partial charge in [0, 0.05) is 23.4 Å². The van der Waals surface area contributed by atoms with Crippen LogP contribution < -0.4 is 15.4 Å². The highest BCUT2D eigenvalue weighted by molar-refractivity contribution is 6.36. The number of anilines is 2. The van der Waals surface area contributed by atoms with Crippen LogP contribution in [0.3, 0.4) is 0 Å². The lowest BCUT2D eigenvalue weighted by molar-refractivity contribution is -0.122. The summed E-state index contributed by atoms with van der Waals surface area (Å²) in [7, 11) is 1.82. The number of amides is 1. The highest BCUT2D eigenvalue weighted by atomic mass is 35.5. The van der Waals surface area contributed by atoms with Gasteiger partial charge in [0.25, 0.3) is 5.91 Å². The van der Waals surface area contributed by atoms with Crippen molar-refractivity contribution in [3.05, 3.63) is 52.0 Å². The molecule has 0 heterocycles. The first kappa shape index (κ1) is 17.4. The summed E-state index contributed by atoms with van der Waals surface area (Å²) in [6.45, 7) is 3.46. The molecule has 0 saturated carbocycles. The van der Waals surface area contributed by atoms with Gasteiger partial charge in [0.05, 0.1) is 5.02 Å². The Balaban J connectivity index is 2.07. The van der Waals surface area contributed by atoms with E-state index in [2.05, 4.69) is 10.6 Å². The SMILES string of the molecule is CNc1cccc(NC(=O)C(C)Oc2ccc(Cl)c(C)c2Cl)c1. The Morgan fingerprint density at radius 2 is 1.87 bits per heavy atom. The molecule has 122 valence electrons. The predicted molar refractivity (Wildman–Crippen MR) is 95.9 cm³/mol. The standard InChI is InChI=1S/C17H18Cl2N2O2/c1-10-14(18)7-8-15(16(10)19)23-11(2)17(22)21-13-6-4-5-12(9-13)20-3/h4-9,11,20H,1-3H3,(H,21,22). The second-order valence-corrected chi connectivity index (χ2v) is 5.85. The smallest absolute Gasteiger partial charge is 0.265 e. The van der Waals surface area contributed by atoms with Crippen LogP contribution >= 0.6 is 23.2 Å². The third-order valence-electron chi connectivity index (χ3n) is 3.38. The molecule has 0 fully saturated rings. The Morgan fingerprint density at radius 1 is 1.17 bits per heavy atom. The van der Waals surface area contributed by atoms with Crippen molar-refractivity contribution in [3.63, 3.8) is 0 Å². The van der Waals surface area contributed by atoms with Crippen molar-refractivity contribution in [2.45, 2.75) is 20.0 Å². The minimum atomic E-state index is -0.702. The maximum absolute atomic E-state index is 12.3. The van der Waals surface area contributed by atoms with Crippen LogP contribution in [0.1, 0.15) is 12.5 Å². The van der Waals surface area contributed by atoms with Crippen molar-refractivity contribution in [3.8, 4) is 5.75 Å². The molecule has 0 aliphatic heterocycles. The van der Waals surface area contributed by atoms with Crippen LogP contribution in [0, 0.1) is 6.92 Å². The second-order valence-electron chi connectivity index (χ2n) is 5.06. The third kappa shape index (κ3) is 4.30. The van der Waals surface area contributed by atoms with E-state index in [1.165, 1.54) is 0 Å². The normalized spacial score (nSPS) is 11.7. The first-order valence-corrected chi connectivity index (χ1v) is 7.88. The zero-order valence-corrected chi connectivity index (χ0v) is 14.6. The lowest BCUT2D eigenvalue weighted by Crippen LogP contribution is -2.30. The van der Waals surface area contributed by atoms with Gasteiger partial charge in [0.15, 0.2) is 6.10 Å². The van der Waals surface area contributed by atoms with Crippen molar-refractivity contribution in [1.29, 1.82) is 0 Å². The van der Waals surface area contributed by atoms with Crippen LogP contribution in [-0.2, 0) is 4.79 Å². The first-order valence-electron chi connectivity index (χ1n) is 7.12. The molecule has 1 amide bonds. The van der Waals surface area contributed by atoms with Crippen LogP contribution in [0.25, 0.3) is 0 Å². The van der Waals surface area contributed by atoms with Gasteiger partial charge in [-0.1, -0.05) is 29.3 Å². The van der Waals surface area contributed by atoms with Crippen LogP contribution in [0.2, 0.25) is 10.0 Å². The number of nitrogens with one attached hydrogen (secondary N) is 2. The van der Waals surface area contributed by atoms with Crippen LogP contribution in [0.4, 0.5) is 11.4 Å². The van der Waals surface area contributed by atoms with E-state index in [1.54, 1.807) is 26.0 Å². The molecule has 0 aliphatic carbocycles. The van der Waals surface area contributed by atoms with E-state index in [4.69, 9.17) is 27.9 Å². The number of ether oxygens (including phenoxy) is 1. The molecule has 0 bridgehead atoms. The molecule has 23 heavy (non-hydrogen) atoms. The highest BCUT2D eigenvalue weighted by Crippen LogP contribution is 2.33. The van der Waals surface area contributed by atoms with Crippen molar-refractivity contribution >= 4 is 40.5 Å². The number of benzene rings is 2. The molecule has 2 aromatic rings. The summed E-state index contributed by atoms with van der Waals surface area (Å²) in [6.07, 6.45) is -0.702. The molecule has 2 N–H and O–H groups in total. The van der Waals surface area contributed by atoms with Crippen molar-refractivity contribution < 1.29 is 9.53 Å². The average Bonchev–Trinajstić information content (AvgIpc) is 2.55. The zero-order valence-electron chi connectivity index (χ0n) is 13.1. The number of hydrogen-bond donors (Lipinski definition) is 2. The number of carbonyl (C=O) groups excluding carboxylic acids is 1. The molecule has 0 saturated heterocycles. The summed E-state index contributed by atoms with van der Waals surface area (Å²) in [5, 5.41) is 6.80. The van der Waals surface area contributed by atoms with Gasteiger partial charge in [-0.25, -0.2) is 0 Å². The highest BCUT2D eigenvalue weighted by Gasteiger charge is 2.17. The fourth-order valence-corrected chi connectivity index (χ4v) is 2.38. The summed E-state index contributed by atoms with van der Waals surface area (Å²) in [4.78, 5) is 12.3. The number of halogens is 2. The Morgan fingerprint density at radius 3 is 2.57 bits per heavy atom. The Hall–Kier alpha value is -1.91. The van der Waals surface area contributed by atoms with Gasteiger partial charge in [0.2, 0.25) is 0 Å². The zero-order chi connectivity index (χ0) is 17.0. The Kier molecular flexibility index (Phi) is 5.74. The molecule has 2 rings (SSSR count). The van der Waals surface area contributed by atoms with E-state index in [0.717, 1.165) is 11.3 Å². The van der Waals surface area contributed by atoms with E-state index in [0.29, 0.717) is 21.5 Å². The molecule has 0 radical (unpaired) electrons. The fourth-order valence-electron chi connectivity index (χ4n) is 1.97. The maximum Gasteiger partial charge on any atom is 0.265 e. The topological polar surface area (TPSA) is 50.4 Å². The van der Waals surface area contributed by atoms with Gasteiger partial charge in [0.1, 0.15) is 5.75 Å². The number of rotatable bonds is 5. The quantitative estimate of drug-likeness (QED) is 0.816. The van der Waals surface area contributed by atoms with Gasteiger partial charge >= 0.3 is 0 Å². The van der Waals surface area contributed by atoms with E-state index < -0.39 is 6.10 Å². The summed E-state index contributed by atoms with van der Waals surface area (Å²) in [5.74, 6) is 0.169. The molecule has 6 heteroatoms. The van der Waals surface area contributed by atoms with Gasteiger partial charge in [-0.3, -0.25) is 4.79 Å². The molecule has 2 aromatic carbocycles. The minimum Gasteiger partial charge on any atom is -0.479 e. The molecular formula is C17H18Cl2N2O2.